The van der Waals surface area contributed by atoms with Crippen LogP contribution in [0.3, 0.4) is 0 Å². The number of rotatable bonds is 5. The molecule has 16 heavy (non-hydrogen) atoms. The van der Waals surface area contributed by atoms with Crippen LogP contribution in [0.2, 0.25) is 0 Å². The molecule has 0 aliphatic carbocycles. The molecule has 1 aliphatic heterocycles. The van der Waals surface area contributed by atoms with Gasteiger partial charge in [-0.25, -0.2) is 4.72 Å². The van der Waals surface area contributed by atoms with Gasteiger partial charge in [-0.1, -0.05) is 20.3 Å². The Bertz CT molecular complexity index is 334. The van der Waals surface area contributed by atoms with Crippen molar-refractivity contribution in [1.82, 2.24) is 9.03 Å². The number of amides is 1. The van der Waals surface area contributed by atoms with Crippen molar-refractivity contribution in [3.05, 3.63) is 0 Å². The number of carbonyl (C=O) groups excluding carboxylic acids is 1. The fraction of sp³-hybridized carbons (Fsp3) is 0.900. The predicted octanol–water partition coefficient (Wildman–Crippen LogP) is 0.879. The maximum atomic E-state index is 11.7. The van der Waals surface area contributed by atoms with E-state index in [1.54, 1.807) is 6.92 Å². The number of carbonyl (C=O) groups is 1. The highest BCUT2D eigenvalue weighted by Gasteiger charge is 2.28. The Balaban J connectivity index is 2.55. The molecule has 0 aromatic rings. The van der Waals surface area contributed by atoms with Crippen molar-refractivity contribution in [3.8, 4) is 0 Å². The van der Waals surface area contributed by atoms with Gasteiger partial charge in [0.05, 0.1) is 0 Å². The maximum Gasteiger partial charge on any atom is 0.303 e. The monoisotopic (exact) mass is 248 g/mol. The van der Waals surface area contributed by atoms with Gasteiger partial charge in [0.2, 0.25) is 5.91 Å². The van der Waals surface area contributed by atoms with Gasteiger partial charge in [-0.3, -0.25) is 4.79 Å². The second-order valence-corrected chi connectivity index (χ2v) is 5.94. The molecule has 0 saturated carbocycles. The second kappa shape index (κ2) is 5.63. The standard InChI is InChI=1S/C10H20N2O3S/c1-3-6-9(2)10(13)11-16(14,15)12-7-4-5-8-12/h9H,3-8H2,1-2H3,(H,11,13). The van der Waals surface area contributed by atoms with Gasteiger partial charge in [0.15, 0.2) is 0 Å². The minimum Gasteiger partial charge on any atom is -0.274 e. The lowest BCUT2D eigenvalue weighted by atomic mass is 10.1. The maximum absolute atomic E-state index is 11.7. The van der Waals surface area contributed by atoms with Crippen LogP contribution in [0, 0.1) is 5.92 Å². The summed E-state index contributed by atoms with van der Waals surface area (Å²) in [6.45, 7) is 4.76. The Morgan fingerprint density at radius 3 is 2.44 bits per heavy atom. The van der Waals surface area contributed by atoms with E-state index in [0.29, 0.717) is 19.5 Å². The predicted molar refractivity (Wildman–Crippen MR) is 61.9 cm³/mol. The Morgan fingerprint density at radius 2 is 1.94 bits per heavy atom. The van der Waals surface area contributed by atoms with Crippen molar-refractivity contribution in [2.24, 2.45) is 5.92 Å². The summed E-state index contributed by atoms with van der Waals surface area (Å²) >= 11 is 0. The summed E-state index contributed by atoms with van der Waals surface area (Å²) in [5.41, 5.74) is 0. The lowest BCUT2D eigenvalue weighted by molar-refractivity contribution is -0.122. The molecule has 6 heteroatoms. The highest BCUT2D eigenvalue weighted by atomic mass is 32.2. The lowest BCUT2D eigenvalue weighted by Crippen LogP contribution is -2.43. The molecule has 1 heterocycles. The van der Waals surface area contributed by atoms with E-state index in [-0.39, 0.29) is 5.92 Å². The number of nitrogens with zero attached hydrogens (tertiary/aromatic N) is 1. The molecule has 1 rings (SSSR count). The van der Waals surface area contributed by atoms with E-state index >= 15 is 0 Å². The third kappa shape index (κ3) is 3.45. The van der Waals surface area contributed by atoms with Gasteiger partial charge in [0, 0.05) is 19.0 Å². The molecular formula is C10H20N2O3S. The number of hydrogen-bond donors (Lipinski definition) is 1. The van der Waals surface area contributed by atoms with Crippen LogP contribution in [0.4, 0.5) is 0 Å². The molecule has 1 amide bonds. The minimum atomic E-state index is -3.59. The Hall–Kier alpha value is -0.620. The first kappa shape index (κ1) is 13.4. The smallest absolute Gasteiger partial charge is 0.274 e. The van der Waals surface area contributed by atoms with E-state index in [9.17, 15) is 13.2 Å². The first-order chi connectivity index (χ1) is 7.47. The molecule has 1 saturated heterocycles. The van der Waals surface area contributed by atoms with E-state index in [1.807, 2.05) is 6.92 Å². The summed E-state index contributed by atoms with van der Waals surface area (Å²) in [5.74, 6) is -0.642. The van der Waals surface area contributed by atoms with Crippen LogP contribution in [0.5, 0.6) is 0 Å². The highest BCUT2D eigenvalue weighted by Crippen LogP contribution is 2.12. The van der Waals surface area contributed by atoms with Crippen LogP contribution in [0.1, 0.15) is 39.5 Å². The van der Waals surface area contributed by atoms with Crippen molar-refractivity contribution in [2.75, 3.05) is 13.1 Å². The normalized spacial score (nSPS) is 19.6. The summed E-state index contributed by atoms with van der Waals surface area (Å²) in [6.07, 6.45) is 3.33. The van der Waals surface area contributed by atoms with E-state index in [2.05, 4.69) is 4.72 Å². The second-order valence-electron chi connectivity index (χ2n) is 4.27. The van der Waals surface area contributed by atoms with Crippen LogP contribution < -0.4 is 4.72 Å². The molecular weight excluding hydrogens is 228 g/mol. The quantitative estimate of drug-likeness (QED) is 0.785. The molecule has 1 aliphatic rings. The summed E-state index contributed by atoms with van der Waals surface area (Å²) in [7, 11) is -3.59. The Labute approximate surface area is 97.4 Å². The molecule has 1 N–H and O–H groups in total. The summed E-state index contributed by atoms with van der Waals surface area (Å²) < 4.78 is 27.0. The molecule has 0 aromatic heterocycles. The summed E-state index contributed by atoms with van der Waals surface area (Å²) in [5, 5.41) is 0. The van der Waals surface area contributed by atoms with Gasteiger partial charge in [0.25, 0.3) is 0 Å². The Kier molecular flexibility index (Phi) is 4.73. The lowest BCUT2D eigenvalue weighted by Gasteiger charge is -2.17. The molecule has 0 radical (unpaired) electrons. The van der Waals surface area contributed by atoms with Crippen molar-refractivity contribution in [1.29, 1.82) is 0 Å². The third-order valence-corrected chi connectivity index (χ3v) is 4.31. The third-order valence-electron chi connectivity index (χ3n) is 2.80. The molecule has 1 atom stereocenters. The van der Waals surface area contributed by atoms with Crippen molar-refractivity contribution >= 4 is 16.1 Å². The first-order valence-electron chi connectivity index (χ1n) is 5.79. The van der Waals surface area contributed by atoms with Crippen LogP contribution in [-0.4, -0.2) is 31.7 Å². The van der Waals surface area contributed by atoms with E-state index in [4.69, 9.17) is 0 Å². The van der Waals surface area contributed by atoms with E-state index in [0.717, 1.165) is 19.3 Å². The highest BCUT2D eigenvalue weighted by molar-refractivity contribution is 7.87. The molecule has 1 fully saturated rings. The molecule has 0 aromatic carbocycles. The molecule has 0 bridgehead atoms. The Morgan fingerprint density at radius 1 is 1.38 bits per heavy atom. The SMILES string of the molecule is CCCC(C)C(=O)NS(=O)(=O)N1CCCC1. The van der Waals surface area contributed by atoms with Crippen molar-refractivity contribution < 1.29 is 13.2 Å². The van der Waals surface area contributed by atoms with Crippen molar-refractivity contribution in [3.63, 3.8) is 0 Å². The summed E-state index contributed by atoms with van der Waals surface area (Å²) in [6, 6.07) is 0. The average molecular weight is 248 g/mol. The minimum absolute atomic E-state index is 0.248. The molecule has 5 nitrogen and oxygen atoms in total. The van der Waals surface area contributed by atoms with Crippen LogP contribution in [0.15, 0.2) is 0 Å². The fourth-order valence-corrected chi connectivity index (χ4v) is 3.11. The van der Waals surface area contributed by atoms with Gasteiger partial charge in [-0.2, -0.15) is 12.7 Å². The fourth-order valence-electron chi connectivity index (χ4n) is 1.78. The molecule has 1 unspecified atom stereocenters. The largest absolute Gasteiger partial charge is 0.303 e. The number of hydrogen-bond acceptors (Lipinski definition) is 3. The van der Waals surface area contributed by atoms with Gasteiger partial charge in [-0.05, 0) is 19.3 Å². The summed E-state index contributed by atoms with van der Waals surface area (Å²) in [4.78, 5) is 11.6. The molecule has 94 valence electrons. The molecule has 0 spiro atoms. The average Bonchev–Trinajstić information content (AvgIpc) is 2.70. The van der Waals surface area contributed by atoms with Gasteiger partial charge in [-0.15, -0.1) is 0 Å². The zero-order valence-electron chi connectivity index (χ0n) is 9.90. The zero-order valence-corrected chi connectivity index (χ0v) is 10.7. The van der Waals surface area contributed by atoms with E-state index < -0.39 is 16.1 Å². The van der Waals surface area contributed by atoms with Crippen LogP contribution in [0.25, 0.3) is 0 Å². The van der Waals surface area contributed by atoms with Gasteiger partial charge >= 0.3 is 10.2 Å². The van der Waals surface area contributed by atoms with Gasteiger partial charge in [0.1, 0.15) is 0 Å². The zero-order chi connectivity index (χ0) is 12.2. The first-order valence-corrected chi connectivity index (χ1v) is 7.23. The topological polar surface area (TPSA) is 66.5 Å². The van der Waals surface area contributed by atoms with Gasteiger partial charge < -0.3 is 0 Å². The van der Waals surface area contributed by atoms with Crippen molar-refractivity contribution in [2.45, 2.75) is 39.5 Å². The van der Waals surface area contributed by atoms with Crippen LogP contribution >= 0.6 is 0 Å². The number of nitrogens with one attached hydrogen (secondary N) is 1. The van der Waals surface area contributed by atoms with E-state index in [1.165, 1.54) is 4.31 Å². The van der Waals surface area contributed by atoms with Crippen LogP contribution in [-0.2, 0) is 15.0 Å².